The molecule has 2 unspecified atom stereocenters. The Morgan fingerprint density at radius 1 is 1.70 bits per heavy atom. The summed E-state index contributed by atoms with van der Waals surface area (Å²) in [7, 11) is 0. The Morgan fingerprint density at radius 2 is 2.40 bits per heavy atom. The SMILES string of the molecule is CCC(C)(O)C1CCNC1. The van der Waals surface area contributed by atoms with Gasteiger partial charge in [0.2, 0.25) is 0 Å². The second kappa shape index (κ2) is 2.89. The first-order valence-corrected chi connectivity index (χ1v) is 4.10. The third kappa shape index (κ3) is 1.50. The highest BCUT2D eigenvalue weighted by molar-refractivity contribution is 4.86. The van der Waals surface area contributed by atoms with Gasteiger partial charge in [-0.25, -0.2) is 0 Å². The molecule has 0 amide bonds. The molecule has 1 aliphatic rings. The zero-order valence-electron chi connectivity index (χ0n) is 6.85. The highest BCUT2D eigenvalue weighted by Crippen LogP contribution is 2.25. The van der Waals surface area contributed by atoms with E-state index in [9.17, 15) is 5.11 Å². The fourth-order valence-electron chi connectivity index (χ4n) is 1.47. The molecule has 2 nitrogen and oxygen atoms in total. The second-order valence-electron chi connectivity index (χ2n) is 3.40. The Hall–Kier alpha value is -0.0800. The topological polar surface area (TPSA) is 32.3 Å². The van der Waals surface area contributed by atoms with Crippen molar-refractivity contribution in [3.63, 3.8) is 0 Å². The van der Waals surface area contributed by atoms with Gasteiger partial charge in [-0.3, -0.25) is 0 Å². The molecule has 0 aromatic carbocycles. The lowest BCUT2D eigenvalue weighted by Gasteiger charge is -2.27. The Morgan fingerprint density at radius 3 is 2.80 bits per heavy atom. The summed E-state index contributed by atoms with van der Waals surface area (Å²) >= 11 is 0. The van der Waals surface area contributed by atoms with E-state index in [2.05, 4.69) is 5.32 Å². The molecule has 1 aliphatic heterocycles. The standard InChI is InChI=1S/C8H17NO/c1-3-8(2,10)7-4-5-9-6-7/h7,9-10H,3-6H2,1-2H3. The van der Waals surface area contributed by atoms with E-state index in [1.165, 1.54) is 0 Å². The van der Waals surface area contributed by atoms with Crippen molar-refractivity contribution in [2.75, 3.05) is 13.1 Å². The summed E-state index contributed by atoms with van der Waals surface area (Å²) < 4.78 is 0. The van der Waals surface area contributed by atoms with Gasteiger partial charge in [-0.1, -0.05) is 6.92 Å². The van der Waals surface area contributed by atoms with E-state index >= 15 is 0 Å². The molecule has 1 saturated heterocycles. The summed E-state index contributed by atoms with van der Waals surface area (Å²) in [5.74, 6) is 0.470. The van der Waals surface area contributed by atoms with Crippen molar-refractivity contribution in [3.8, 4) is 0 Å². The molecule has 60 valence electrons. The lowest BCUT2D eigenvalue weighted by Crippen LogP contribution is -2.34. The molecule has 2 atom stereocenters. The van der Waals surface area contributed by atoms with Crippen molar-refractivity contribution in [3.05, 3.63) is 0 Å². The van der Waals surface area contributed by atoms with Gasteiger partial charge in [0.15, 0.2) is 0 Å². The van der Waals surface area contributed by atoms with Crippen LogP contribution in [0.1, 0.15) is 26.7 Å². The number of hydrogen-bond donors (Lipinski definition) is 2. The highest BCUT2D eigenvalue weighted by Gasteiger charge is 2.31. The second-order valence-corrected chi connectivity index (χ2v) is 3.40. The van der Waals surface area contributed by atoms with Crippen LogP contribution in [0.3, 0.4) is 0 Å². The van der Waals surface area contributed by atoms with E-state index in [4.69, 9.17) is 0 Å². The number of nitrogens with one attached hydrogen (secondary N) is 1. The maximum atomic E-state index is 9.78. The normalized spacial score (nSPS) is 32.1. The lowest BCUT2D eigenvalue weighted by molar-refractivity contribution is 0.00337. The van der Waals surface area contributed by atoms with Crippen LogP contribution in [0.25, 0.3) is 0 Å². The molecule has 0 spiro atoms. The molecule has 1 rings (SSSR count). The maximum Gasteiger partial charge on any atom is 0.0657 e. The predicted octanol–water partition coefficient (Wildman–Crippen LogP) is 0.757. The average Bonchev–Trinajstić information content (AvgIpc) is 2.38. The van der Waals surface area contributed by atoms with E-state index < -0.39 is 5.60 Å². The molecule has 0 aromatic heterocycles. The Bertz CT molecular complexity index is 106. The van der Waals surface area contributed by atoms with Crippen LogP contribution < -0.4 is 5.32 Å². The molecule has 2 N–H and O–H groups in total. The minimum Gasteiger partial charge on any atom is -0.390 e. The Labute approximate surface area is 62.6 Å². The summed E-state index contributed by atoms with van der Waals surface area (Å²) in [5.41, 5.74) is -0.441. The molecule has 1 heterocycles. The van der Waals surface area contributed by atoms with Crippen LogP contribution >= 0.6 is 0 Å². The van der Waals surface area contributed by atoms with Crippen LogP contribution in [0, 0.1) is 5.92 Å². The first-order chi connectivity index (χ1) is 4.67. The smallest absolute Gasteiger partial charge is 0.0657 e. The Balaban J connectivity index is 2.45. The molecule has 1 fully saturated rings. The first kappa shape index (κ1) is 8.02. The van der Waals surface area contributed by atoms with E-state index in [-0.39, 0.29) is 0 Å². The number of hydrogen-bond acceptors (Lipinski definition) is 2. The zero-order valence-corrected chi connectivity index (χ0v) is 6.85. The van der Waals surface area contributed by atoms with E-state index in [0.29, 0.717) is 5.92 Å². The third-order valence-electron chi connectivity index (χ3n) is 2.66. The van der Waals surface area contributed by atoms with Gasteiger partial charge in [-0.2, -0.15) is 0 Å². The minimum atomic E-state index is -0.441. The van der Waals surface area contributed by atoms with Crippen molar-refractivity contribution >= 4 is 0 Å². The molecule has 0 bridgehead atoms. The number of aliphatic hydroxyl groups is 1. The van der Waals surface area contributed by atoms with Gasteiger partial charge in [0.05, 0.1) is 5.60 Å². The summed E-state index contributed by atoms with van der Waals surface area (Å²) in [5, 5.41) is 13.0. The Kier molecular flexibility index (Phi) is 2.32. The van der Waals surface area contributed by atoms with Crippen LogP contribution in [-0.4, -0.2) is 23.8 Å². The lowest BCUT2D eigenvalue weighted by atomic mass is 9.86. The van der Waals surface area contributed by atoms with Crippen LogP contribution in [-0.2, 0) is 0 Å². The van der Waals surface area contributed by atoms with E-state index in [1.54, 1.807) is 0 Å². The van der Waals surface area contributed by atoms with Crippen LogP contribution in [0.15, 0.2) is 0 Å². The van der Waals surface area contributed by atoms with Gasteiger partial charge < -0.3 is 10.4 Å². The quantitative estimate of drug-likeness (QED) is 0.598. The minimum absolute atomic E-state index is 0.441. The molecule has 2 heteroatoms. The number of rotatable bonds is 2. The summed E-state index contributed by atoms with van der Waals surface area (Å²) in [6.07, 6.45) is 1.99. The largest absolute Gasteiger partial charge is 0.390 e. The van der Waals surface area contributed by atoms with Crippen LogP contribution in [0.5, 0.6) is 0 Å². The molecule has 0 saturated carbocycles. The van der Waals surface area contributed by atoms with Crippen molar-refractivity contribution in [2.45, 2.75) is 32.3 Å². The molecule has 0 aliphatic carbocycles. The van der Waals surface area contributed by atoms with Crippen molar-refractivity contribution in [1.82, 2.24) is 5.32 Å². The average molecular weight is 143 g/mol. The van der Waals surface area contributed by atoms with Gasteiger partial charge >= 0.3 is 0 Å². The molecule has 0 radical (unpaired) electrons. The van der Waals surface area contributed by atoms with Crippen molar-refractivity contribution < 1.29 is 5.11 Å². The fourth-order valence-corrected chi connectivity index (χ4v) is 1.47. The van der Waals surface area contributed by atoms with Crippen LogP contribution in [0.4, 0.5) is 0 Å². The van der Waals surface area contributed by atoms with Gasteiger partial charge in [-0.15, -0.1) is 0 Å². The molecular formula is C8H17NO. The molecule has 0 aromatic rings. The highest BCUT2D eigenvalue weighted by atomic mass is 16.3. The predicted molar refractivity (Wildman–Crippen MR) is 41.9 cm³/mol. The zero-order chi connectivity index (χ0) is 7.61. The van der Waals surface area contributed by atoms with Gasteiger partial charge in [-0.05, 0) is 26.3 Å². The molecular weight excluding hydrogens is 126 g/mol. The fraction of sp³-hybridized carbons (Fsp3) is 1.00. The van der Waals surface area contributed by atoms with Crippen LogP contribution in [0.2, 0.25) is 0 Å². The van der Waals surface area contributed by atoms with Crippen molar-refractivity contribution in [1.29, 1.82) is 0 Å². The van der Waals surface area contributed by atoms with Gasteiger partial charge in [0, 0.05) is 12.5 Å². The van der Waals surface area contributed by atoms with Crippen molar-refractivity contribution in [2.24, 2.45) is 5.92 Å². The van der Waals surface area contributed by atoms with E-state index in [0.717, 1.165) is 25.9 Å². The maximum absolute atomic E-state index is 9.78. The van der Waals surface area contributed by atoms with E-state index in [1.807, 2.05) is 13.8 Å². The summed E-state index contributed by atoms with van der Waals surface area (Å²) in [6.45, 7) is 6.03. The first-order valence-electron chi connectivity index (χ1n) is 4.10. The summed E-state index contributed by atoms with van der Waals surface area (Å²) in [6, 6.07) is 0. The van der Waals surface area contributed by atoms with Gasteiger partial charge in [0.1, 0.15) is 0 Å². The third-order valence-corrected chi connectivity index (χ3v) is 2.66. The molecule has 10 heavy (non-hydrogen) atoms. The van der Waals surface area contributed by atoms with Gasteiger partial charge in [0.25, 0.3) is 0 Å². The summed E-state index contributed by atoms with van der Waals surface area (Å²) in [4.78, 5) is 0. The monoisotopic (exact) mass is 143 g/mol.